The minimum atomic E-state index is -4.25. The minimum Gasteiger partial charge on any atom is -0.337 e. The van der Waals surface area contributed by atoms with Gasteiger partial charge in [0.05, 0.1) is 0 Å². The maximum Gasteiger partial charge on any atom is 0.451 e. The molecule has 0 rings (SSSR count). The van der Waals surface area contributed by atoms with E-state index in [1.54, 1.807) is 19.6 Å². The Hall–Kier alpha value is 0.627. The van der Waals surface area contributed by atoms with Crippen LogP contribution in [0.15, 0.2) is 0 Å². The molecule has 0 saturated heterocycles. The molecule has 1 unspecified atom stereocenters. The van der Waals surface area contributed by atoms with E-state index in [4.69, 9.17) is 11.2 Å². The van der Waals surface area contributed by atoms with Crippen LogP contribution in [0.2, 0.25) is 19.6 Å². The molecule has 1 atom stereocenters. The van der Waals surface area contributed by atoms with Crippen LogP contribution in [0.4, 0.5) is 4.20 Å². The van der Waals surface area contributed by atoms with Crippen molar-refractivity contribution < 1.29 is 13.0 Å². The highest BCUT2D eigenvalue weighted by Crippen LogP contribution is 2.55. The van der Waals surface area contributed by atoms with Crippen LogP contribution in [-0.2, 0) is 8.78 Å². The molecule has 0 heterocycles. The molecular weight excluding hydrogens is 182 g/mol. The van der Waals surface area contributed by atoms with Gasteiger partial charge in [-0.15, -0.1) is 4.20 Å². The van der Waals surface area contributed by atoms with Crippen LogP contribution in [0.25, 0.3) is 0 Å². The predicted octanol–water partition coefficient (Wildman–Crippen LogP) is 3.15. The van der Waals surface area contributed by atoms with E-state index in [1.807, 2.05) is 0 Å². The topological polar surface area (TPSA) is 26.3 Å². The van der Waals surface area contributed by atoms with Crippen LogP contribution in [0.3, 0.4) is 0 Å². The van der Waals surface area contributed by atoms with Gasteiger partial charge in [-0.2, -0.15) is 0 Å². The van der Waals surface area contributed by atoms with E-state index < -0.39 is 15.3 Å². The van der Waals surface area contributed by atoms with Crippen molar-refractivity contribution in [2.45, 2.75) is 19.6 Å². The summed E-state index contributed by atoms with van der Waals surface area (Å²) in [6.07, 6.45) is 0. The van der Waals surface area contributed by atoms with E-state index in [0.29, 0.717) is 0 Å². The van der Waals surface area contributed by atoms with E-state index in [2.05, 4.69) is 4.21 Å². The molecule has 2 nitrogen and oxygen atoms in total. The summed E-state index contributed by atoms with van der Waals surface area (Å²) in [6.45, 7) is 5.13. The minimum absolute atomic E-state index is 1.71. The Bertz CT molecular complexity index is 139. The predicted molar refractivity (Wildman–Crippen MR) is 39.0 cm³/mol. The fraction of sp³-hybridized carbons (Fsp3) is 1.00. The third kappa shape index (κ3) is 8.63. The van der Waals surface area contributed by atoms with Crippen LogP contribution in [0, 0.1) is 0 Å². The van der Waals surface area contributed by atoms with Crippen LogP contribution in [0.5, 0.6) is 0 Å². The number of halogens is 2. The molecular formula is C3H9ClFO2PSi. The second kappa shape index (κ2) is 2.70. The summed E-state index contributed by atoms with van der Waals surface area (Å²) < 4.78 is 26.6. The van der Waals surface area contributed by atoms with Gasteiger partial charge in [-0.3, -0.25) is 0 Å². The first-order valence-corrected chi connectivity index (χ1v) is 8.24. The molecule has 0 fully saturated rings. The van der Waals surface area contributed by atoms with Crippen LogP contribution >= 0.6 is 18.3 Å². The summed E-state index contributed by atoms with van der Waals surface area (Å²) in [5.74, 6) is 0. The highest BCUT2D eigenvalue weighted by atomic mass is 35.7. The second-order valence-electron chi connectivity index (χ2n) is 2.62. The van der Waals surface area contributed by atoms with Gasteiger partial charge in [-0.25, -0.2) is 4.57 Å². The first kappa shape index (κ1) is 9.63. The van der Waals surface area contributed by atoms with Crippen molar-refractivity contribution in [2.24, 2.45) is 0 Å². The van der Waals surface area contributed by atoms with Crippen LogP contribution < -0.4 is 0 Å². The molecule has 0 aliphatic carbocycles. The lowest BCUT2D eigenvalue weighted by molar-refractivity contribution is 0.454. The lowest BCUT2D eigenvalue weighted by atomic mass is 11.8. The molecule has 56 valence electrons. The van der Waals surface area contributed by atoms with Crippen molar-refractivity contribution in [1.29, 1.82) is 0 Å². The quantitative estimate of drug-likeness (QED) is 0.494. The molecule has 0 aromatic heterocycles. The summed E-state index contributed by atoms with van der Waals surface area (Å²) in [7, 11) is -6.32. The fourth-order valence-corrected chi connectivity index (χ4v) is 4.73. The molecule has 0 saturated carbocycles. The molecule has 6 heteroatoms. The van der Waals surface area contributed by atoms with Crippen molar-refractivity contribution >= 4 is 26.6 Å². The smallest absolute Gasteiger partial charge is 0.337 e. The third-order valence-corrected chi connectivity index (χ3v) is 4.04. The molecule has 0 aromatic carbocycles. The third-order valence-electron chi connectivity index (χ3n) is 0.380. The molecule has 0 radical (unpaired) electrons. The lowest BCUT2D eigenvalue weighted by Gasteiger charge is -2.15. The summed E-state index contributed by atoms with van der Waals surface area (Å²) in [5.41, 5.74) is 0. The van der Waals surface area contributed by atoms with Gasteiger partial charge >= 0.3 is 7.03 Å². The van der Waals surface area contributed by atoms with Gasteiger partial charge in [0, 0.05) is 11.2 Å². The van der Waals surface area contributed by atoms with E-state index in [9.17, 15) is 8.76 Å². The zero-order chi connectivity index (χ0) is 7.71. The molecule has 0 aliphatic rings. The van der Waals surface area contributed by atoms with E-state index in [1.165, 1.54) is 0 Å². The largest absolute Gasteiger partial charge is 0.451 e. The van der Waals surface area contributed by atoms with E-state index in [-0.39, 0.29) is 0 Å². The van der Waals surface area contributed by atoms with Crippen molar-refractivity contribution in [1.82, 2.24) is 0 Å². The first-order valence-electron chi connectivity index (χ1n) is 2.41. The van der Waals surface area contributed by atoms with Gasteiger partial charge in [0.1, 0.15) is 0 Å². The van der Waals surface area contributed by atoms with Crippen LogP contribution in [-0.4, -0.2) is 8.32 Å². The SMILES string of the molecule is C[Si](C)(C)OP(=O)(F)Cl. The zero-order valence-electron chi connectivity index (χ0n) is 5.52. The maximum atomic E-state index is 12.0. The monoisotopic (exact) mass is 190 g/mol. The highest BCUT2D eigenvalue weighted by Gasteiger charge is 2.27. The van der Waals surface area contributed by atoms with Crippen molar-refractivity contribution in [3.63, 3.8) is 0 Å². The zero-order valence-corrected chi connectivity index (χ0v) is 8.17. The van der Waals surface area contributed by atoms with Crippen molar-refractivity contribution in [3.05, 3.63) is 0 Å². The average Bonchev–Trinajstić information content (AvgIpc) is 1.14. The standard InChI is InChI=1S/C3H9ClFO2PSi/c1-9(2,3)7-8(4,5)6/h1-3H3. The Kier molecular flexibility index (Phi) is 2.89. The molecule has 0 N–H and O–H groups in total. The van der Waals surface area contributed by atoms with Crippen molar-refractivity contribution in [3.8, 4) is 0 Å². The molecule has 0 bridgehead atoms. The molecule has 0 aliphatic heterocycles. The lowest BCUT2D eigenvalue weighted by Crippen LogP contribution is -2.21. The van der Waals surface area contributed by atoms with Gasteiger partial charge in [0.25, 0.3) is 0 Å². The van der Waals surface area contributed by atoms with Crippen molar-refractivity contribution in [2.75, 3.05) is 0 Å². The molecule has 0 amide bonds. The van der Waals surface area contributed by atoms with E-state index in [0.717, 1.165) is 0 Å². The molecule has 0 aromatic rings. The Balaban J connectivity index is 3.90. The van der Waals surface area contributed by atoms with Gasteiger partial charge in [0.2, 0.25) is 0 Å². The number of hydrogen-bond acceptors (Lipinski definition) is 2. The Morgan fingerprint density at radius 1 is 1.56 bits per heavy atom. The summed E-state index contributed by atoms with van der Waals surface area (Å²) in [6, 6.07) is 0. The second-order valence-corrected chi connectivity index (χ2v) is 9.61. The number of hydrogen-bond donors (Lipinski definition) is 0. The highest BCUT2D eigenvalue weighted by molar-refractivity contribution is 7.82. The van der Waals surface area contributed by atoms with Gasteiger partial charge in [-0.05, 0) is 19.6 Å². The van der Waals surface area contributed by atoms with Gasteiger partial charge in [-0.1, -0.05) is 0 Å². The Morgan fingerprint density at radius 3 is 1.89 bits per heavy atom. The Labute approximate surface area is 59.8 Å². The average molecular weight is 191 g/mol. The summed E-state index contributed by atoms with van der Waals surface area (Å²) in [4.78, 5) is 0. The molecule has 0 spiro atoms. The normalized spacial score (nSPS) is 19.2. The fourth-order valence-electron chi connectivity index (χ4n) is 0.319. The van der Waals surface area contributed by atoms with Gasteiger partial charge < -0.3 is 4.21 Å². The molecule has 9 heavy (non-hydrogen) atoms. The first-order chi connectivity index (χ1) is 3.71. The maximum absolute atomic E-state index is 12.0. The summed E-state index contributed by atoms with van der Waals surface area (Å²) in [5, 5.41) is 0. The number of rotatable bonds is 2. The summed E-state index contributed by atoms with van der Waals surface area (Å²) >= 11 is 4.72. The van der Waals surface area contributed by atoms with Gasteiger partial charge in [0.15, 0.2) is 8.32 Å². The van der Waals surface area contributed by atoms with E-state index >= 15 is 0 Å². The Morgan fingerprint density at radius 2 is 1.89 bits per heavy atom. The van der Waals surface area contributed by atoms with Crippen LogP contribution in [0.1, 0.15) is 0 Å².